The lowest BCUT2D eigenvalue weighted by molar-refractivity contribution is -0.384. The van der Waals surface area contributed by atoms with Crippen molar-refractivity contribution in [2.45, 2.75) is 32.2 Å². The number of carbonyl (C=O) groups is 1. The number of non-ortho nitro benzene ring substituents is 1. The van der Waals surface area contributed by atoms with E-state index in [0.717, 1.165) is 12.8 Å². The van der Waals surface area contributed by atoms with Crippen LogP contribution in [0.4, 0.5) is 5.69 Å². The van der Waals surface area contributed by atoms with Crippen molar-refractivity contribution in [1.29, 1.82) is 0 Å². The van der Waals surface area contributed by atoms with Gasteiger partial charge in [0, 0.05) is 24.4 Å². The highest BCUT2D eigenvalue weighted by molar-refractivity contribution is 6.34. The smallest absolute Gasteiger partial charge is 0.270 e. The SMILES string of the molecule is O=C(NCCn1ncc2c1CCCC2)c1ccc([N+](=O)[O-])cc1Cl. The Balaban J connectivity index is 1.60. The first-order valence-electron chi connectivity index (χ1n) is 7.82. The molecule has 0 bridgehead atoms. The number of rotatable bonds is 5. The van der Waals surface area contributed by atoms with Gasteiger partial charge in [0.05, 0.1) is 28.3 Å². The van der Waals surface area contributed by atoms with Crippen LogP contribution in [0.1, 0.15) is 34.5 Å². The monoisotopic (exact) mass is 348 g/mol. The molecule has 8 heteroatoms. The predicted molar refractivity (Wildman–Crippen MR) is 89.3 cm³/mol. The molecule has 0 saturated carbocycles. The maximum absolute atomic E-state index is 12.2. The molecule has 1 aliphatic rings. The summed E-state index contributed by atoms with van der Waals surface area (Å²) < 4.78 is 1.94. The molecule has 0 saturated heterocycles. The molecule has 1 amide bonds. The highest BCUT2D eigenvalue weighted by Crippen LogP contribution is 2.22. The Bertz CT molecular complexity index is 788. The van der Waals surface area contributed by atoms with Gasteiger partial charge in [-0.15, -0.1) is 0 Å². The van der Waals surface area contributed by atoms with Gasteiger partial charge in [0.1, 0.15) is 0 Å². The third-order valence-corrected chi connectivity index (χ3v) is 4.47. The highest BCUT2D eigenvalue weighted by atomic mass is 35.5. The van der Waals surface area contributed by atoms with Crippen LogP contribution in [0.15, 0.2) is 24.4 Å². The lowest BCUT2D eigenvalue weighted by Crippen LogP contribution is -2.28. The van der Waals surface area contributed by atoms with Crippen molar-refractivity contribution < 1.29 is 9.72 Å². The first-order valence-corrected chi connectivity index (χ1v) is 8.20. The summed E-state index contributed by atoms with van der Waals surface area (Å²) >= 11 is 5.96. The van der Waals surface area contributed by atoms with Crippen molar-refractivity contribution >= 4 is 23.2 Å². The molecule has 1 N–H and O–H groups in total. The molecule has 1 aromatic heterocycles. The van der Waals surface area contributed by atoms with Crippen molar-refractivity contribution in [2.75, 3.05) is 6.54 Å². The van der Waals surface area contributed by atoms with Crippen molar-refractivity contribution in [3.8, 4) is 0 Å². The van der Waals surface area contributed by atoms with Gasteiger partial charge in [0.15, 0.2) is 0 Å². The number of nitro groups is 1. The van der Waals surface area contributed by atoms with E-state index in [1.165, 1.54) is 42.3 Å². The third-order valence-electron chi connectivity index (χ3n) is 4.16. The number of fused-ring (bicyclic) bond motifs is 1. The van der Waals surface area contributed by atoms with Gasteiger partial charge in [-0.3, -0.25) is 19.6 Å². The lowest BCUT2D eigenvalue weighted by Gasteiger charge is -2.14. The number of nitro benzene ring substituents is 1. The molecular formula is C16H17ClN4O3. The summed E-state index contributed by atoms with van der Waals surface area (Å²) in [5, 5.41) is 17.9. The van der Waals surface area contributed by atoms with E-state index < -0.39 is 4.92 Å². The minimum atomic E-state index is -0.547. The summed E-state index contributed by atoms with van der Waals surface area (Å²) in [6, 6.07) is 3.82. The highest BCUT2D eigenvalue weighted by Gasteiger charge is 2.16. The van der Waals surface area contributed by atoms with E-state index in [9.17, 15) is 14.9 Å². The molecule has 24 heavy (non-hydrogen) atoms. The zero-order valence-electron chi connectivity index (χ0n) is 13.0. The summed E-state index contributed by atoms with van der Waals surface area (Å²) in [4.78, 5) is 22.3. The van der Waals surface area contributed by atoms with Gasteiger partial charge >= 0.3 is 0 Å². The quantitative estimate of drug-likeness (QED) is 0.664. The van der Waals surface area contributed by atoms with Crippen LogP contribution in [0, 0.1) is 10.1 Å². The van der Waals surface area contributed by atoms with Crippen LogP contribution in [0.5, 0.6) is 0 Å². The van der Waals surface area contributed by atoms with Gasteiger partial charge in [-0.25, -0.2) is 0 Å². The Hall–Kier alpha value is -2.41. The van der Waals surface area contributed by atoms with Gasteiger partial charge in [-0.2, -0.15) is 5.10 Å². The fourth-order valence-corrected chi connectivity index (χ4v) is 3.18. The molecule has 2 aromatic rings. The third kappa shape index (κ3) is 3.41. The Morgan fingerprint density at radius 3 is 2.92 bits per heavy atom. The molecule has 1 heterocycles. The zero-order valence-corrected chi connectivity index (χ0v) is 13.8. The van der Waals surface area contributed by atoms with Crippen molar-refractivity contribution in [3.63, 3.8) is 0 Å². The molecule has 126 valence electrons. The normalized spacial score (nSPS) is 13.4. The first kappa shape index (κ1) is 16.4. The first-order chi connectivity index (χ1) is 11.6. The van der Waals surface area contributed by atoms with Crippen molar-refractivity contribution in [3.05, 3.63) is 56.4 Å². The standard InChI is InChI=1S/C16H17ClN4O3/c17-14-9-12(21(23)24)5-6-13(14)16(22)18-7-8-20-15-4-2-1-3-11(15)10-19-20/h5-6,9-10H,1-4,7-8H2,(H,18,22). The van der Waals surface area contributed by atoms with Crippen LogP contribution in [-0.4, -0.2) is 27.2 Å². The van der Waals surface area contributed by atoms with E-state index in [0.29, 0.717) is 13.1 Å². The van der Waals surface area contributed by atoms with E-state index in [2.05, 4.69) is 10.4 Å². The van der Waals surface area contributed by atoms with Crippen LogP contribution >= 0.6 is 11.6 Å². The number of amides is 1. The second-order valence-electron chi connectivity index (χ2n) is 5.72. The number of carbonyl (C=O) groups excluding carboxylic acids is 1. The van der Waals surface area contributed by atoms with Crippen LogP contribution in [0.2, 0.25) is 5.02 Å². The molecule has 0 atom stereocenters. The number of benzene rings is 1. The maximum Gasteiger partial charge on any atom is 0.270 e. The fraction of sp³-hybridized carbons (Fsp3) is 0.375. The molecule has 0 spiro atoms. The average molecular weight is 349 g/mol. The molecule has 7 nitrogen and oxygen atoms in total. The predicted octanol–water partition coefficient (Wildman–Crippen LogP) is 2.75. The lowest BCUT2D eigenvalue weighted by atomic mass is 9.98. The maximum atomic E-state index is 12.2. The van der Waals surface area contributed by atoms with Gasteiger partial charge < -0.3 is 5.32 Å². The molecule has 0 unspecified atom stereocenters. The van der Waals surface area contributed by atoms with Crippen LogP contribution < -0.4 is 5.32 Å². The van der Waals surface area contributed by atoms with E-state index in [4.69, 9.17) is 11.6 Å². The number of halogens is 1. The Morgan fingerprint density at radius 2 is 2.17 bits per heavy atom. The summed E-state index contributed by atoms with van der Waals surface area (Å²) in [7, 11) is 0. The zero-order chi connectivity index (χ0) is 17.1. The molecule has 1 aliphatic carbocycles. The molecule has 0 radical (unpaired) electrons. The van der Waals surface area contributed by atoms with Crippen LogP contribution in [-0.2, 0) is 19.4 Å². The number of nitrogens with zero attached hydrogens (tertiary/aromatic N) is 3. The largest absolute Gasteiger partial charge is 0.350 e. The van der Waals surface area contributed by atoms with Crippen LogP contribution in [0.25, 0.3) is 0 Å². The number of aromatic nitrogens is 2. The van der Waals surface area contributed by atoms with E-state index in [1.807, 2.05) is 10.9 Å². The Morgan fingerprint density at radius 1 is 1.38 bits per heavy atom. The molecule has 1 aromatic carbocycles. The van der Waals surface area contributed by atoms with E-state index >= 15 is 0 Å². The van der Waals surface area contributed by atoms with Crippen molar-refractivity contribution in [1.82, 2.24) is 15.1 Å². The van der Waals surface area contributed by atoms with Crippen molar-refractivity contribution in [2.24, 2.45) is 0 Å². The molecule has 0 aliphatic heterocycles. The van der Waals surface area contributed by atoms with Gasteiger partial charge in [-0.1, -0.05) is 11.6 Å². The number of aryl methyl sites for hydroxylation is 1. The molecule has 3 rings (SSSR count). The summed E-state index contributed by atoms with van der Waals surface area (Å²) in [6.07, 6.45) is 6.37. The van der Waals surface area contributed by atoms with E-state index in [-0.39, 0.29) is 22.2 Å². The summed E-state index contributed by atoms with van der Waals surface area (Å²) in [5.41, 5.74) is 2.64. The van der Waals surface area contributed by atoms with Gasteiger partial charge in [0.25, 0.3) is 11.6 Å². The van der Waals surface area contributed by atoms with Gasteiger partial charge in [0.2, 0.25) is 0 Å². The summed E-state index contributed by atoms with van der Waals surface area (Å²) in [6.45, 7) is 1.01. The molecule has 0 fully saturated rings. The Labute approximate surface area is 143 Å². The fourth-order valence-electron chi connectivity index (χ4n) is 2.92. The summed E-state index contributed by atoms with van der Waals surface area (Å²) in [5.74, 6) is -0.351. The van der Waals surface area contributed by atoms with E-state index in [1.54, 1.807) is 0 Å². The number of hydrogen-bond acceptors (Lipinski definition) is 4. The second kappa shape index (κ2) is 7.00. The minimum Gasteiger partial charge on any atom is -0.350 e. The molecular weight excluding hydrogens is 332 g/mol. The minimum absolute atomic E-state index is 0.0677. The number of nitrogens with one attached hydrogen (secondary N) is 1. The van der Waals surface area contributed by atoms with Crippen LogP contribution in [0.3, 0.4) is 0 Å². The second-order valence-corrected chi connectivity index (χ2v) is 6.13. The topological polar surface area (TPSA) is 90.1 Å². The average Bonchev–Trinajstić information content (AvgIpc) is 2.98. The Kier molecular flexibility index (Phi) is 4.80. The number of hydrogen-bond donors (Lipinski definition) is 1. The van der Waals surface area contributed by atoms with Gasteiger partial charge in [-0.05, 0) is 37.3 Å².